The summed E-state index contributed by atoms with van der Waals surface area (Å²) in [5, 5.41) is 14.9. The second kappa shape index (κ2) is 7.79. The van der Waals surface area contributed by atoms with Crippen molar-refractivity contribution in [3.63, 3.8) is 0 Å². The van der Waals surface area contributed by atoms with Gasteiger partial charge in [0, 0.05) is 24.4 Å². The van der Waals surface area contributed by atoms with Gasteiger partial charge in [0.2, 0.25) is 11.8 Å². The van der Waals surface area contributed by atoms with Crippen LogP contribution in [0.25, 0.3) is 17.5 Å². The van der Waals surface area contributed by atoms with Crippen LogP contribution in [0.3, 0.4) is 0 Å². The number of fused-ring (bicyclic) bond motifs is 1. The van der Waals surface area contributed by atoms with Gasteiger partial charge in [-0.25, -0.2) is 4.68 Å². The average molecular weight is 414 g/mol. The number of nitrogens with one attached hydrogen (secondary N) is 1. The van der Waals surface area contributed by atoms with Crippen LogP contribution in [0.4, 0.5) is 5.69 Å². The maximum Gasteiger partial charge on any atom is 0.226 e. The number of tetrazole rings is 1. The highest BCUT2D eigenvalue weighted by molar-refractivity contribution is 5.92. The summed E-state index contributed by atoms with van der Waals surface area (Å²) in [6.45, 7) is 1.51. The summed E-state index contributed by atoms with van der Waals surface area (Å²) in [4.78, 5) is 26.5. The quantitative estimate of drug-likeness (QED) is 0.689. The Labute approximate surface area is 179 Å². The van der Waals surface area contributed by atoms with E-state index >= 15 is 0 Å². The van der Waals surface area contributed by atoms with E-state index in [-0.39, 0.29) is 24.3 Å². The van der Waals surface area contributed by atoms with E-state index in [4.69, 9.17) is 0 Å². The lowest BCUT2D eigenvalue weighted by Gasteiger charge is -2.32. The van der Waals surface area contributed by atoms with Gasteiger partial charge in [-0.15, -0.1) is 5.10 Å². The predicted octanol–water partition coefficient (Wildman–Crippen LogP) is 3.58. The van der Waals surface area contributed by atoms with Crippen molar-refractivity contribution in [3.8, 4) is 11.4 Å². The summed E-state index contributed by atoms with van der Waals surface area (Å²) in [5.74, 6) is 0.487. The molecule has 0 unspecified atom stereocenters. The third-order valence-corrected chi connectivity index (χ3v) is 5.66. The summed E-state index contributed by atoms with van der Waals surface area (Å²) in [7, 11) is 0. The van der Waals surface area contributed by atoms with Crippen molar-refractivity contribution in [2.45, 2.75) is 38.3 Å². The minimum Gasteiger partial charge on any atom is -0.326 e. The molecular weight excluding hydrogens is 392 g/mol. The first-order valence-corrected chi connectivity index (χ1v) is 10.3. The Morgan fingerprint density at radius 3 is 2.61 bits per heavy atom. The molecule has 1 atom stereocenters. The van der Waals surface area contributed by atoms with Gasteiger partial charge in [0.25, 0.3) is 0 Å². The predicted molar refractivity (Wildman–Crippen MR) is 116 cm³/mol. The third kappa shape index (κ3) is 3.84. The molecule has 5 rings (SSSR count). The molecule has 1 saturated carbocycles. The zero-order valence-electron chi connectivity index (χ0n) is 17.1. The Hall–Kier alpha value is -3.81. The van der Waals surface area contributed by atoms with Crippen LogP contribution in [0.15, 0.2) is 54.7 Å². The van der Waals surface area contributed by atoms with Crippen LogP contribution in [0.5, 0.6) is 0 Å². The standard InChI is InChI=1S/C23H22N6O2/c1-15(30)28-13-12-16-4-2-3-5-20(16)21(28)14-22(31)24-18-8-6-17(7-9-18)23-25-26-27-29(23)19-10-11-19/h2-9,12-13,19,21H,10-11,14H2,1H3,(H,24,31)/t21-/m1/s1. The van der Waals surface area contributed by atoms with E-state index in [1.54, 1.807) is 11.1 Å². The monoisotopic (exact) mass is 414 g/mol. The maximum absolute atomic E-state index is 12.8. The van der Waals surface area contributed by atoms with E-state index in [1.807, 2.05) is 59.3 Å². The van der Waals surface area contributed by atoms with Crippen molar-refractivity contribution >= 4 is 23.6 Å². The molecule has 2 heterocycles. The molecule has 1 aromatic heterocycles. The molecule has 3 aromatic rings. The van der Waals surface area contributed by atoms with Gasteiger partial charge in [0.15, 0.2) is 5.82 Å². The minimum atomic E-state index is -0.332. The van der Waals surface area contributed by atoms with Crippen LogP contribution in [-0.4, -0.2) is 36.9 Å². The summed E-state index contributed by atoms with van der Waals surface area (Å²) in [5.41, 5.74) is 3.59. The number of anilines is 1. The van der Waals surface area contributed by atoms with Crippen LogP contribution in [0, 0.1) is 0 Å². The molecule has 0 bridgehead atoms. The molecule has 8 nitrogen and oxygen atoms in total. The lowest BCUT2D eigenvalue weighted by molar-refractivity contribution is -0.129. The van der Waals surface area contributed by atoms with E-state index < -0.39 is 0 Å². The largest absolute Gasteiger partial charge is 0.326 e. The molecule has 0 saturated heterocycles. The van der Waals surface area contributed by atoms with Crippen molar-refractivity contribution in [2.75, 3.05) is 5.32 Å². The van der Waals surface area contributed by atoms with Crippen molar-refractivity contribution in [1.82, 2.24) is 25.1 Å². The normalized spacial score (nSPS) is 17.3. The SMILES string of the molecule is CC(=O)N1C=Cc2ccccc2[C@H]1CC(=O)Nc1ccc(-c2nnnn2C2CC2)cc1. The number of rotatable bonds is 5. The van der Waals surface area contributed by atoms with Crippen molar-refractivity contribution < 1.29 is 9.59 Å². The first-order valence-electron chi connectivity index (χ1n) is 10.3. The number of aromatic nitrogens is 4. The molecule has 0 radical (unpaired) electrons. The van der Waals surface area contributed by atoms with Gasteiger partial charge in [-0.05, 0) is 64.7 Å². The second-order valence-corrected chi connectivity index (χ2v) is 7.89. The van der Waals surface area contributed by atoms with E-state index in [0.29, 0.717) is 11.7 Å². The first-order chi connectivity index (χ1) is 15.1. The molecule has 2 aromatic carbocycles. The number of nitrogens with zero attached hydrogens (tertiary/aromatic N) is 5. The fraction of sp³-hybridized carbons (Fsp3) is 0.261. The highest BCUT2D eigenvalue weighted by Gasteiger charge is 2.29. The van der Waals surface area contributed by atoms with E-state index in [0.717, 1.165) is 35.4 Å². The van der Waals surface area contributed by atoms with Gasteiger partial charge >= 0.3 is 0 Å². The number of benzene rings is 2. The van der Waals surface area contributed by atoms with Crippen LogP contribution < -0.4 is 5.32 Å². The van der Waals surface area contributed by atoms with Gasteiger partial charge in [0.05, 0.1) is 18.5 Å². The van der Waals surface area contributed by atoms with Crippen molar-refractivity contribution in [2.24, 2.45) is 0 Å². The number of hydrogen-bond donors (Lipinski definition) is 1. The minimum absolute atomic E-state index is 0.0960. The summed E-state index contributed by atoms with van der Waals surface area (Å²) in [6, 6.07) is 15.4. The number of carbonyl (C=O) groups is 2. The van der Waals surface area contributed by atoms with Gasteiger partial charge < -0.3 is 10.2 Å². The lowest BCUT2D eigenvalue weighted by atomic mass is 9.93. The highest BCUT2D eigenvalue weighted by Crippen LogP contribution is 2.37. The van der Waals surface area contributed by atoms with Gasteiger partial charge in [-0.1, -0.05) is 24.3 Å². The van der Waals surface area contributed by atoms with Gasteiger partial charge in [-0.3, -0.25) is 9.59 Å². The maximum atomic E-state index is 12.8. The molecule has 1 aliphatic carbocycles. The van der Waals surface area contributed by atoms with Gasteiger partial charge in [0.1, 0.15) is 0 Å². The molecule has 8 heteroatoms. The highest BCUT2D eigenvalue weighted by atomic mass is 16.2. The van der Waals surface area contributed by atoms with E-state index in [1.165, 1.54) is 6.92 Å². The molecule has 2 amide bonds. The van der Waals surface area contributed by atoms with Crippen molar-refractivity contribution in [3.05, 3.63) is 65.9 Å². The molecule has 1 fully saturated rings. The van der Waals surface area contributed by atoms with Crippen LogP contribution in [0.2, 0.25) is 0 Å². The number of hydrogen-bond acceptors (Lipinski definition) is 5. The molecule has 156 valence electrons. The fourth-order valence-corrected chi connectivity index (χ4v) is 3.95. The first kappa shape index (κ1) is 19.2. The Morgan fingerprint density at radius 2 is 1.87 bits per heavy atom. The number of carbonyl (C=O) groups excluding carboxylic acids is 2. The van der Waals surface area contributed by atoms with E-state index in [9.17, 15) is 9.59 Å². The Balaban J connectivity index is 1.30. The molecule has 1 aliphatic heterocycles. The number of amides is 2. The Morgan fingerprint density at radius 1 is 1.10 bits per heavy atom. The van der Waals surface area contributed by atoms with E-state index in [2.05, 4.69) is 20.8 Å². The lowest BCUT2D eigenvalue weighted by Crippen LogP contribution is -2.33. The fourth-order valence-electron chi connectivity index (χ4n) is 3.95. The molecule has 31 heavy (non-hydrogen) atoms. The molecule has 0 spiro atoms. The zero-order valence-corrected chi connectivity index (χ0v) is 17.1. The Bertz CT molecular complexity index is 1160. The Kier molecular flexibility index (Phi) is 4.82. The molecule has 2 aliphatic rings. The van der Waals surface area contributed by atoms with Gasteiger partial charge in [-0.2, -0.15) is 0 Å². The van der Waals surface area contributed by atoms with Crippen LogP contribution in [-0.2, 0) is 9.59 Å². The average Bonchev–Trinajstić information content (AvgIpc) is 3.50. The summed E-state index contributed by atoms with van der Waals surface area (Å²) >= 11 is 0. The van der Waals surface area contributed by atoms with Crippen molar-refractivity contribution in [1.29, 1.82) is 0 Å². The van der Waals surface area contributed by atoms with Crippen LogP contribution >= 0.6 is 0 Å². The zero-order chi connectivity index (χ0) is 21.4. The second-order valence-electron chi connectivity index (χ2n) is 7.89. The topological polar surface area (TPSA) is 93.0 Å². The summed E-state index contributed by atoms with van der Waals surface area (Å²) < 4.78 is 1.86. The molecule has 1 N–H and O–H groups in total. The molecular formula is C23H22N6O2. The summed E-state index contributed by atoms with van der Waals surface area (Å²) in [6.07, 6.45) is 6.02. The smallest absolute Gasteiger partial charge is 0.226 e. The third-order valence-electron chi connectivity index (χ3n) is 5.66. The van der Waals surface area contributed by atoms with Crippen LogP contribution in [0.1, 0.15) is 49.4 Å².